The average molecular weight is 396 g/mol. The molecular formula is C20H20N4O3S. The lowest BCUT2D eigenvalue weighted by Gasteiger charge is -2.09. The van der Waals surface area contributed by atoms with E-state index in [2.05, 4.69) is 15.5 Å². The maximum absolute atomic E-state index is 12.7. The lowest BCUT2D eigenvalue weighted by atomic mass is 10.1. The van der Waals surface area contributed by atoms with E-state index < -0.39 is 5.91 Å². The number of aromatic nitrogens is 2. The molecule has 0 radical (unpaired) electrons. The molecule has 1 aromatic carbocycles. The van der Waals surface area contributed by atoms with Crippen molar-refractivity contribution in [2.24, 2.45) is 5.73 Å². The molecule has 0 spiro atoms. The number of rotatable bonds is 7. The third kappa shape index (κ3) is 4.58. The van der Waals surface area contributed by atoms with Gasteiger partial charge in [-0.15, -0.1) is 11.8 Å². The molecular weight excluding hydrogens is 376 g/mol. The summed E-state index contributed by atoms with van der Waals surface area (Å²) in [6, 6.07) is 10.3. The third-order valence-electron chi connectivity index (χ3n) is 4.21. The van der Waals surface area contributed by atoms with E-state index in [1.54, 1.807) is 36.5 Å². The van der Waals surface area contributed by atoms with Crippen molar-refractivity contribution in [3.8, 4) is 0 Å². The van der Waals surface area contributed by atoms with Crippen LogP contribution in [0.4, 0.5) is 0 Å². The summed E-state index contributed by atoms with van der Waals surface area (Å²) in [6.07, 6.45) is 1.66. The minimum Gasteiger partial charge on any atom is -0.366 e. The van der Waals surface area contributed by atoms with Crippen LogP contribution < -0.4 is 11.1 Å². The molecule has 0 unspecified atom stereocenters. The summed E-state index contributed by atoms with van der Waals surface area (Å²) in [5.74, 6) is 0.637. The van der Waals surface area contributed by atoms with Crippen LogP contribution in [0.5, 0.6) is 0 Å². The number of carbonyl (C=O) groups is 2. The number of nitrogens with two attached hydrogens (primary N) is 1. The second kappa shape index (κ2) is 8.71. The Morgan fingerprint density at radius 3 is 2.75 bits per heavy atom. The van der Waals surface area contributed by atoms with Crippen molar-refractivity contribution >= 4 is 23.6 Å². The molecule has 7 nitrogen and oxygen atoms in total. The van der Waals surface area contributed by atoms with Gasteiger partial charge in [0.25, 0.3) is 5.91 Å². The summed E-state index contributed by atoms with van der Waals surface area (Å²) in [5, 5.41) is 7.44. The van der Waals surface area contributed by atoms with Crippen molar-refractivity contribution in [3.05, 3.63) is 76.3 Å². The van der Waals surface area contributed by atoms with Crippen molar-refractivity contribution in [3.63, 3.8) is 0 Å². The Bertz CT molecular complexity index is 997. The standard InChI is InChI=1S/C20H20N4O3S/c1-12-17(13(2)27-24-12)11-28-20-16(7-4-8-22-20)19(26)23-10-14-5-3-6-15(9-14)18(21)25/h3-9H,10-11H2,1-2H3,(H2,21,25)(H,23,26). The first kappa shape index (κ1) is 19.6. The molecule has 3 aromatic rings. The largest absolute Gasteiger partial charge is 0.366 e. The molecule has 3 N–H and O–H groups in total. The van der Waals surface area contributed by atoms with E-state index in [-0.39, 0.29) is 12.5 Å². The highest BCUT2D eigenvalue weighted by Crippen LogP contribution is 2.27. The Morgan fingerprint density at radius 2 is 2.04 bits per heavy atom. The van der Waals surface area contributed by atoms with Gasteiger partial charge >= 0.3 is 0 Å². The molecule has 0 aliphatic carbocycles. The number of primary amides is 1. The summed E-state index contributed by atoms with van der Waals surface area (Å²) < 4.78 is 5.18. The van der Waals surface area contributed by atoms with E-state index in [0.29, 0.717) is 21.9 Å². The molecule has 0 aliphatic heterocycles. The zero-order chi connectivity index (χ0) is 20.1. The topological polar surface area (TPSA) is 111 Å². The average Bonchev–Trinajstić information content (AvgIpc) is 3.02. The van der Waals surface area contributed by atoms with Gasteiger partial charge in [-0.2, -0.15) is 0 Å². The molecule has 0 bridgehead atoms. The lowest BCUT2D eigenvalue weighted by Crippen LogP contribution is -2.24. The predicted molar refractivity (Wildman–Crippen MR) is 106 cm³/mol. The van der Waals surface area contributed by atoms with Gasteiger partial charge in [-0.3, -0.25) is 9.59 Å². The van der Waals surface area contributed by atoms with Crippen molar-refractivity contribution in [2.45, 2.75) is 31.2 Å². The number of nitrogens with zero attached hydrogens (tertiary/aromatic N) is 2. The Hall–Kier alpha value is -3.13. The van der Waals surface area contributed by atoms with E-state index in [9.17, 15) is 9.59 Å². The molecule has 144 valence electrons. The first-order valence-corrected chi connectivity index (χ1v) is 9.60. The highest BCUT2D eigenvalue weighted by Gasteiger charge is 2.15. The zero-order valence-electron chi connectivity index (χ0n) is 15.6. The number of benzene rings is 1. The van der Waals surface area contributed by atoms with Gasteiger partial charge in [-0.1, -0.05) is 17.3 Å². The van der Waals surface area contributed by atoms with Crippen LogP contribution in [0.3, 0.4) is 0 Å². The molecule has 0 saturated carbocycles. The predicted octanol–water partition coefficient (Wildman–Crippen LogP) is 3.01. The maximum atomic E-state index is 12.7. The minimum atomic E-state index is -0.501. The van der Waals surface area contributed by atoms with E-state index in [1.807, 2.05) is 19.9 Å². The summed E-state index contributed by atoms with van der Waals surface area (Å²) >= 11 is 1.46. The first-order chi connectivity index (χ1) is 13.5. The second-order valence-electron chi connectivity index (χ2n) is 6.19. The fraction of sp³-hybridized carbons (Fsp3) is 0.200. The Labute approximate surface area is 166 Å². The van der Waals surface area contributed by atoms with Crippen molar-refractivity contribution in [1.82, 2.24) is 15.5 Å². The molecule has 0 fully saturated rings. The van der Waals surface area contributed by atoms with E-state index in [4.69, 9.17) is 10.3 Å². The Kier molecular flexibility index (Phi) is 6.10. The number of hydrogen-bond donors (Lipinski definition) is 2. The lowest BCUT2D eigenvalue weighted by molar-refractivity contribution is 0.0946. The quantitative estimate of drug-likeness (QED) is 0.594. The molecule has 2 aromatic heterocycles. The van der Waals surface area contributed by atoms with Crippen LogP contribution in [0, 0.1) is 13.8 Å². The number of aryl methyl sites for hydroxylation is 2. The smallest absolute Gasteiger partial charge is 0.254 e. The highest BCUT2D eigenvalue weighted by atomic mass is 32.2. The molecule has 2 amide bonds. The van der Waals surface area contributed by atoms with Gasteiger partial charge in [-0.25, -0.2) is 4.98 Å². The van der Waals surface area contributed by atoms with E-state index in [0.717, 1.165) is 22.6 Å². The third-order valence-corrected chi connectivity index (χ3v) is 5.25. The van der Waals surface area contributed by atoms with Gasteiger partial charge < -0.3 is 15.6 Å². The van der Waals surface area contributed by atoms with E-state index in [1.165, 1.54) is 11.8 Å². The minimum absolute atomic E-state index is 0.237. The van der Waals surface area contributed by atoms with Gasteiger partial charge in [0.15, 0.2) is 0 Å². The van der Waals surface area contributed by atoms with Gasteiger partial charge in [0, 0.05) is 29.6 Å². The second-order valence-corrected chi connectivity index (χ2v) is 7.16. The van der Waals surface area contributed by atoms with Gasteiger partial charge in [-0.05, 0) is 43.7 Å². The number of amides is 2. The van der Waals surface area contributed by atoms with Crippen LogP contribution in [0.25, 0.3) is 0 Å². The monoisotopic (exact) mass is 396 g/mol. The number of thioether (sulfide) groups is 1. The summed E-state index contributed by atoms with van der Waals surface area (Å²) in [4.78, 5) is 28.3. The van der Waals surface area contributed by atoms with Gasteiger partial charge in [0.1, 0.15) is 10.8 Å². The zero-order valence-corrected chi connectivity index (χ0v) is 16.4. The molecule has 3 rings (SSSR count). The van der Waals surface area contributed by atoms with Gasteiger partial charge in [0.05, 0.1) is 11.3 Å². The molecule has 0 saturated heterocycles. The Morgan fingerprint density at radius 1 is 1.21 bits per heavy atom. The summed E-state index contributed by atoms with van der Waals surface area (Å²) in [5.41, 5.74) is 8.82. The molecule has 0 aliphatic rings. The number of pyridine rings is 1. The Balaban J connectivity index is 1.69. The summed E-state index contributed by atoms with van der Waals surface area (Å²) in [7, 11) is 0. The molecule has 8 heteroatoms. The fourth-order valence-corrected chi connectivity index (χ4v) is 3.78. The molecule has 0 atom stereocenters. The SMILES string of the molecule is Cc1noc(C)c1CSc1ncccc1C(=O)NCc1cccc(C(N)=O)c1. The molecule has 28 heavy (non-hydrogen) atoms. The van der Waals surface area contributed by atoms with Crippen LogP contribution in [-0.2, 0) is 12.3 Å². The van der Waals surface area contributed by atoms with Crippen molar-refractivity contribution < 1.29 is 14.1 Å². The van der Waals surface area contributed by atoms with Crippen LogP contribution in [-0.4, -0.2) is 22.0 Å². The highest BCUT2D eigenvalue weighted by molar-refractivity contribution is 7.98. The van der Waals surface area contributed by atoms with Crippen LogP contribution in [0.2, 0.25) is 0 Å². The molecule has 2 heterocycles. The van der Waals surface area contributed by atoms with E-state index >= 15 is 0 Å². The summed E-state index contributed by atoms with van der Waals surface area (Å²) in [6.45, 7) is 4.03. The first-order valence-electron chi connectivity index (χ1n) is 8.62. The fourth-order valence-electron chi connectivity index (χ4n) is 2.64. The van der Waals surface area contributed by atoms with Crippen LogP contribution in [0.1, 0.15) is 43.3 Å². The number of nitrogens with one attached hydrogen (secondary N) is 1. The number of hydrogen-bond acceptors (Lipinski definition) is 6. The normalized spacial score (nSPS) is 10.6. The maximum Gasteiger partial charge on any atom is 0.254 e. The van der Waals surface area contributed by atoms with Crippen LogP contribution in [0.15, 0.2) is 52.1 Å². The van der Waals surface area contributed by atoms with Gasteiger partial charge in [0.2, 0.25) is 5.91 Å². The van der Waals surface area contributed by atoms with Crippen molar-refractivity contribution in [2.75, 3.05) is 0 Å². The van der Waals surface area contributed by atoms with Crippen molar-refractivity contribution in [1.29, 1.82) is 0 Å². The number of carbonyl (C=O) groups excluding carboxylic acids is 2. The van der Waals surface area contributed by atoms with Crippen LogP contribution >= 0.6 is 11.8 Å².